The summed E-state index contributed by atoms with van der Waals surface area (Å²) in [5.41, 5.74) is 13.5. The van der Waals surface area contributed by atoms with Gasteiger partial charge in [-0.15, -0.1) is 0 Å². The maximum absolute atomic E-state index is 6.64. The Labute approximate surface area is 221 Å². The van der Waals surface area contributed by atoms with Crippen LogP contribution in [0, 0.1) is 0 Å². The fourth-order valence-corrected chi connectivity index (χ4v) is 7.20. The van der Waals surface area contributed by atoms with Crippen LogP contribution in [0.1, 0.15) is 84.6 Å². The maximum atomic E-state index is 6.64. The van der Waals surface area contributed by atoms with Gasteiger partial charge in [0.1, 0.15) is 12.7 Å². The van der Waals surface area contributed by atoms with Crippen molar-refractivity contribution in [3.63, 3.8) is 0 Å². The molecule has 0 amide bonds. The summed E-state index contributed by atoms with van der Waals surface area (Å²) in [6, 6.07) is 20.5. The SMILES string of the molecule is CC1(C)OC[C@H]([N+]2=Cc3ccc4c(c3-c3c(ccc5c3CCCC5)C2)CCCC4)[C@H](c2ccccc2)O1. The lowest BCUT2D eigenvalue weighted by molar-refractivity contribution is -0.607. The molecule has 37 heavy (non-hydrogen) atoms. The molecular formula is C34H38NO2+. The number of aryl methyl sites for hydroxylation is 2. The summed E-state index contributed by atoms with van der Waals surface area (Å²) >= 11 is 0. The van der Waals surface area contributed by atoms with E-state index >= 15 is 0 Å². The summed E-state index contributed by atoms with van der Waals surface area (Å²) in [4.78, 5) is 0. The van der Waals surface area contributed by atoms with Crippen molar-refractivity contribution in [1.82, 2.24) is 0 Å². The van der Waals surface area contributed by atoms with Crippen LogP contribution in [0.2, 0.25) is 0 Å². The Hall–Kier alpha value is -2.75. The van der Waals surface area contributed by atoms with Gasteiger partial charge in [-0.2, -0.15) is 0 Å². The van der Waals surface area contributed by atoms with Crippen LogP contribution < -0.4 is 0 Å². The minimum atomic E-state index is -0.600. The molecule has 3 nitrogen and oxygen atoms in total. The molecule has 4 aliphatic rings. The van der Waals surface area contributed by atoms with E-state index in [9.17, 15) is 0 Å². The van der Waals surface area contributed by atoms with E-state index in [1.54, 1.807) is 27.8 Å². The lowest BCUT2D eigenvalue weighted by Crippen LogP contribution is -2.49. The summed E-state index contributed by atoms with van der Waals surface area (Å²) in [7, 11) is 0. The third-order valence-electron chi connectivity index (χ3n) is 9.01. The fraction of sp³-hybridized carbons (Fsp3) is 0.441. The lowest BCUT2D eigenvalue weighted by Gasteiger charge is -2.39. The van der Waals surface area contributed by atoms with Gasteiger partial charge >= 0.3 is 0 Å². The van der Waals surface area contributed by atoms with Crippen LogP contribution in [0.25, 0.3) is 11.1 Å². The Kier molecular flexibility index (Phi) is 5.82. The van der Waals surface area contributed by atoms with Gasteiger partial charge in [0.05, 0.1) is 0 Å². The molecule has 7 rings (SSSR count). The molecule has 2 atom stereocenters. The number of ether oxygens (including phenoxy) is 2. The average molecular weight is 493 g/mol. The highest BCUT2D eigenvalue weighted by atomic mass is 16.7. The molecule has 0 radical (unpaired) electrons. The van der Waals surface area contributed by atoms with E-state index in [1.807, 2.05) is 13.8 Å². The van der Waals surface area contributed by atoms with Crippen molar-refractivity contribution in [2.45, 2.75) is 89.7 Å². The third kappa shape index (κ3) is 4.17. The molecule has 3 aromatic carbocycles. The largest absolute Gasteiger partial charge is 0.343 e. The topological polar surface area (TPSA) is 21.5 Å². The van der Waals surface area contributed by atoms with Crippen molar-refractivity contribution in [3.05, 3.63) is 93.5 Å². The van der Waals surface area contributed by atoms with Crippen LogP contribution in [0.5, 0.6) is 0 Å². The van der Waals surface area contributed by atoms with E-state index < -0.39 is 5.79 Å². The Morgan fingerprint density at radius 1 is 0.730 bits per heavy atom. The third-order valence-corrected chi connectivity index (χ3v) is 9.01. The number of fused-ring (bicyclic) bond motifs is 7. The summed E-state index contributed by atoms with van der Waals surface area (Å²) in [6.07, 6.45) is 12.4. The molecule has 1 saturated heterocycles. The van der Waals surface area contributed by atoms with Gasteiger partial charge in [0.25, 0.3) is 0 Å². The zero-order valence-corrected chi connectivity index (χ0v) is 22.3. The van der Waals surface area contributed by atoms with Gasteiger partial charge in [0, 0.05) is 11.1 Å². The predicted molar refractivity (Wildman–Crippen MR) is 148 cm³/mol. The van der Waals surface area contributed by atoms with Crippen molar-refractivity contribution in [1.29, 1.82) is 0 Å². The van der Waals surface area contributed by atoms with E-state index in [2.05, 4.69) is 65.4 Å². The molecule has 2 aliphatic heterocycles. The van der Waals surface area contributed by atoms with Crippen molar-refractivity contribution in [2.75, 3.05) is 6.61 Å². The molecule has 2 heterocycles. The van der Waals surface area contributed by atoms with Gasteiger partial charge in [0.15, 0.2) is 18.5 Å². The lowest BCUT2D eigenvalue weighted by atomic mass is 9.78. The highest BCUT2D eigenvalue weighted by Gasteiger charge is 2.44. The van der Waals surface area contributed by atoms with E-state index in [4.69, 9.17) is 9.47 Å². The van der Waals surface area contributed by atoms with Gasteiger partial charge < -0.3 is 9.47 Å². The zero-order chi connectivity index (χ0) is 25.0. The van der Waals surface area contributed by atoms with Gasteiger partial charge in [-0.1, -0.05) is 48.5 Å². The number of hydrogen-bond acceptors (Lipinski definition) is 2. The van der Waals surface area contributed by atoms with Gasteiger partial charge in [-0.3, -0.25) is 0 Å². The summed E-state index contributed by atoms with van der Waals surface area (Å²) in [6.45, 7) is 5.60. The minimum Gasteiger partial charge on any atom is -0.343 e. The van der Waals surface area contributed by atoms with Crippen LogP contribution in [0.4, 0.5) is 0 Å². The van der Waals surface area contributed by atoms with Crippen molar-refractivity contribution < 1.29 is 14.0 Å². The first-order valence-corrected chi connectivity index (χ1v) is 14.3. The second-order valence-electron chi connectivity index (χ2n) is 11.8. The molecule has 1 fully saturated rings. The minimum absolute atomic E-state index is 0.0542. The van der Waals surface area contributed by atoms with Crippen LogP contribution in [-0.4, -0.2) is 29.2 Å². The molecule has 0 bridgehead atoms. The molecule has 0 aromatic heterocycles. The quantitative estimate of drug-likeness (QED) is 0.361. The Bertz CT molecular complexity index is 1370. The number of nitrogens with zero attached hydrogens (tertiary/aromatic N) is 1. The van der Waals surface area contributed by atoms with Gasteiger partial charge in [-0.25, -0.2) is 4.58 Å². The highest BCUT2D eigenvalue weighted by molar-refractivity contribution is 5.93. The maximum Gasteiger partial charge on any atom is 0.206 e. The van der Waals surface area contributed by atoms with Crippen molar-refractivity contribution >= 4 is 6.21 Å². The van der Waals surface area contributed by atoms with Crippen LogP contribution in [-0.2, 0) is 41.7 Å². The first-order chi connectivity index (χ1) is 18.1. The van der Waals surface area contributed by atoms with Crippen molar-refractivity contribution in [2.24, 2.45) is 0 Å². The van der Waals surface area contributed by atoms with E-state index in [0.29, 0.717) is 6.61 Å². The molecule has 3 aromatic rings. The zero-order valence-electron chi connectivity index (χ0n) is 22.3. The van der Waals surface area contributed by atoms with Crippen molar-refractivity contribution in [3.8, 4) is 11.1 Å². The number of rotatable bonds is 2. The standard InChI is InChI=1S/C34H38NO2/c1-34(2)36-22-30(33(37-34)25-12-4-3-5-13-25)35-20-26-18-16-23-10-6-8-14-28(23)31(26)32-27(21-35)19-17-24-11-7-9-15-29(24)32/h3-5,12-13,16-20,30,33H,6-11,14-15,21-22H2,1-2H3/q+1/t30-,33-/m0/s1. The molecule has 0 N–H and O–H groups in total. The molecule has 2 aliphatic carbocycles. The first kappa shape index (κ1) is 23.4. The molecule has 0 unspecified atom stereocenters. The molecule has 0 saturated carbocycles. The fourth-order valence-electron chi connectivity index (χ4n) is 7.20. The van der Waals surface area contributed by atoms with E-state index in [-0.39, 0.29) is 12.1 Å². The average Bonchev–Trinajstić information content (AvgIpc) is 3.10. The second kappa shape index (κ2) is 9.22. The van der Waals surface area contributed by atoms with Gasteiger partial charge in [-0.05, 0) is 110 Å². The van der Waals surface area contributed by atoms with Crippen LogP contribution in [0.3, 0.4) is 0 Å². The predicted octanol–water partition coefficient (Wildman–Crippen LogP) is 6.95. The highest BCUT2D eigenvalue weighted by Crippen LogP contribution is 2.43. The summed E-state index contributed by atoms with van der Waals surface area (Å²) in [5, 5.41) is 0. The van der Waals surface area contributed by atoms with Gasteiger partial charge in [0.2, 0.25) is 6.04 Å². The smallest absolute Gasteiger partial charge is 0.206 e. The molecular weight excluding hydrogens is 454 g/mol. The molecule has 190 valence electrons. The Morgan fingerprint density at radius 2 is 1.38 bits per heavy atom. The van der Waals surface area contributed by atoms with E-state index in [0.717, 1.165) is 6.54 Å². The normalized spacial score (nSPS) is 24.1. The summed E-state index contributed by atoms with van der Waals surface area (Å²) < 4.78 is 15.5. The number of benzene rings is 3. The van der Waals surface area contributed by atoms with E-state index in [1.165, 1.54) is 73.6 Å². The first-order valence-electron chi connectivity index (χ1n) is 14.3. The van der Waals surface area contributed by atoms with Crippen LogP contribution in [0.15, 0.2) is 54.6 Å². The Morgan fingerprint density at radius 3 is 2.14 bits per heavy atom. The Balaban J connectivity index is 1.41. The molecule has 3 heteroatoms. The summed E-state index contributed by atoms with van der Waals surface area (Å²) in [5.74, 6) is -0.600. The second-order valence-corrected chi connectivity index (χ2v) is 11.8. The number of hydrogen-bond donors (Lipinski definition) is 0. The van der Waals surface area contributed by atoms with Crippen LogP contribution >= 0.6 is 0 Å². The molecule has 0 spiro atoms. The monoisotopic (exact) mass is 492 g/mol.